The largest absolute Gasteiger partial charge is 0.416 e. The molecule has 0 aromatic heterocycles. The summed E-state index contributed by atoms with van der Waals surface area (Å²) in [4.78, 5) is 23.7. The molecule has 8 heteroatoms. The van der Waals surface area contributed by atoms with E-state index < -0.39 is 17.8 Å². The zero-order valence-corrected chi connectivity index (χ0v) is 12.8. The molecule has 0 unspecified atom stereocenters. The molecule has 0 atom stereocenters. The van der Waals surface area contributed by atoms with E-state index in [0.717, 1.165) is 6.07 Å². The minimum absolute atomic E-state index is 0.0613. The highest BCUT2D eigenvalue weighted by molar-refractivity contribution is 5.75. The number of urea groups is 1. The van der Waals surface area contributed by atoms with Crippen molar-refractivity contribution in [2.75, 3.05) is 13.6 Å². The van der Waals surface area contributed by atoms with E-state index in [1.165, 1.54) is 30.1 Å². The van der Waals surface area contributed by atoms with Crippen molar-refractivity contribution in [2.45, 2.75) is 32.0 Å². The Bertz CT molecular complexity index is 547. The molecule has 1 aromatic carbocycles. The number of benzene rings is 1. The summed E-state index contributed by atoms with van der Waals surface area (Å²) < 4.78 is 38.7. The van der Waals surface area contributed by atoms with Crippen LogP contribution in [0, 0.1) is 0 Å². The molecule has 0 heterocycles. The van der Waals surface area contributed by atoms with Gasteiger partial charge in [-0.2, -0.15) is 13.2 Å². The Labute approximate surface area is 132 Å². The van der Waals surface area contributed by atoms with Gasteiger partial charge in [-0.05, 0) is 24.5 Å². The van der Waals surface area contributed by atoms with Crippen LogP contribution in [0.1, 0.15) is 30.4 Å². The fraction of sp³-hybridized carbons (Fsp3) is 0.467. The summed E-state index contributed by atoms with van der Waals surface area (Å²) in [5.41, 5.74) is 4.23. The maximum Gasteiger partial charge on any atom is 0.416 e. The van der Waals surface area contributed by atoms with E-state index in [0.29, 0.717) is 19.4 Å². The fourth-order valence-electron chi connectivity index (χ4n) is 2.08. The third-order valence-electron chi connectivity index (χ3n) is 3.27. The fourth-order valence-corrected chi connectivity index (χ4v) is 2.08. The summed E-state index contributed by atoms with van der Waals surface area (Å²) in [5, 5.41) is 2.40. The second-order valence-electron chi connectivity index (χ2n) is 5.15. The van der Waals surface area contributed by atoms with Crippen molar-refractivity contribution < 1.29 is 22.8 Å². The number of hydrogen-bond donors (Lipinski definition) is 2. The molecule has 0 aliphatic carbocycles. The lowest BCUT2D eigenvalue weighted by atomic mass is 10.1. The average Bonchev–Trinajstić information content (AvgIpc) is 2.45. The van der Waals surface area contributed by atoms with Crippen molar-refractivity contribution in [1.29, 1.82) is 0 Å². The van der Waals surface area contributed by atoms with Crippen LogP contribution in [0.5, 0.6) is 0 Å². The SMILES string of the molecule is CN(Cc1ccccc1C(F)(F)F)C(=O)CCCCNC(N)=O. The van der Waals surface area contributed by atoms with Crippen molar-refractivity contribution in [3.63, 3.8) is 0 Å². The Morgan fingerprint density at radius 2 is 1.87 bits per heavy atom. The Kier molecular flexibility index (Phi) is 6.87. The number of nitrogens with two attached hydrogens (primary N) is 1. The zero-order chi connectivity index (χ0) is 17.5. The van der Waals surface area contributed by atoms with E-state index in [2.05, 4.69) is 5.32 Å². The maximum atomic E-state index is 12.9. The minimum atomic E-state index is -4.44. The smallest absolute Gasteiger partial charge is 0.352 e. The first kappa shape index (κ1) is 18.8. The first-order chi connectivity index (χ1) is 10.7. The van der Waals surface area contributed by atoms with Crippen LogP contribution in [0.2, 0.25) is 0 Å². The average molecular weight is 331 g/mol. The van der Waals surface area contributed by atoms with Crippen molar-refractivity contribution in [3.05, 3.63) is 35.4 Å². The molecule has 0 saturated heterocycles. The number of hydrogen-bond acceptors (Lipinski definition) is 2. The van der Waals surface area contributed by atoms with E-state index in [9.17, 15) is 22.8 Å². The molecule has 1 rings (SSSR count). The van der Waals surface area contributed by atoms with Crippen molar-refractivity contribution in [3.8, 4) is 0 Å². The van der Waals surface area contributed by atoms with E-state index in [4.69, 9.17) is 5.73 Å². The summed E-state index contributed by atoms with van der Waals surface area (Å²) in [7, 11) is 1.47. The summed E-state index contributed by atoms with van der Waals surface area (Å²) in [5.74, 6) is -0.249. The molecule has 5 nitrogen and oxygen atoms in total. The van der Waals surface area contributed by atoms with Gasteiger partial charge in [-0.15, -0.1) is 0 Å². The Morgan fingerprint density at radius 1 is 1.22 bits per heavy atom. The van der Waals surface area contributed by atoms with Crippen LogP contribution >= 0.6 is 0 Å². The van der Waals surface area contributed by atoms with Gasteiger partial charge in [0.05, 0.1) is 5.56 Å². The molecular formula is C15H20F3N3O2. The number of carbonyl (C=O) groups is 2. The van der Waals surface area contributed by atoms with Crippen LogP contribution < -0.4 is 11.1 Å². The molecule has 3 amide bonds. The zero-order valence-electron chi connectivity index (χ0n) is 12.8. The number of nitrogens with zero attached hydrogens (tertiary/aromatic N) is 1. The lowest BCUT2D eigenvalue weighted by Crippen LogP contribution is -2.30. The van der Waals surface area contributed by atoms with Gasteiger partial charge in [0, 0.05) is 26.6 Å². The van der Waals surface area contributed by atoms with Crippen molar-refractivity contribution in [2.24, 2.45) is 5.73 Å². The van der Waals surface area contributed by atoms with E-state index in [1.807, 2.05) is 0 Å². The molecule has 0 spiro atoms. The van der Waals surface area contributed by atoms with Gasteiger partial charge in [0.15, 0.2) is 0 Å². The topological polar surface area (TPSA) is 75.4 Å². The molecule has 1 aromatic rings. The van der Waals surface area contributed by atoms with Gasteiger partial charge in [-0.1, -0.05) is 18.2 Å². The molecule has 23 heavy (non-hydrogen) atoms. The van der Waals surface area contributed by atoms with Crippen LogP contribution in [-0.2, 0) is 17.5 Å². The monoisotopic (exact) mass is 331 g/mol. The standard InChI is InChI=1S/C15H20F3N3O2/c1-21(13(22)8-4-5-9-20-14(19)23)10-11-6-2-3-7-12(11)15(16,17)18/h2-3,6-7H,4-5,8-10H2,1H3,(H3,19,20,23). The highest BCUT2D eigenvalue weighted by atomic mass is 19.4. The number of primary amides is 1. The van der Waals surface area contributed by atoms with Gasteiger partial charge in [0.25, 0.3) is 0 Å². The minimum Gasteiger partial charge on any atom is -0.352 e. The first-order valence-electron chi connectivity index (χ1n) is 7.14. The lowest BCUT2D eigenvalue weighted by molar-refractivity contribution is -0.139. The van der Waals surface area contributed by atoms with Gasteiger partial charge in [-0.3, -0.25) is 4.79 Å². The number of amides is 3. The van der Waals surface area contributed by atoms with Gasteiger partial charge in [-0.25, -0.2) is 4.79 Å². The number of alkyl halides is 3. The first-order valence-corrected chi connectivity index (χ1v) is 7.14. The molecule has 0 aliphatic rings. The number of nitrogens with one attached hydrogen (secondary N) is 1. The second kappa shape index (κ2) is 8.40. The summed E-state index contributed by atoms with van der Waals surface area (Å²) in [6.45, 7) is 0.261. The number of carbonyl (C=O) groups excluding carboxylic acids is 2. The van der Waals surface area contributed by atoms with Gasteiger partial charge in [0.1, 0.15) is 0 Å². The third-order valence-corrected chi connectivity index (χ3v) is 3.27. The van der Waals surface area contributed by atoms with E-state index in [-0.39, 0.29) is 24.4 Å². The molecule has 0 aliphatic heterocycles. The molecule has 0 radical (unpaired) electrons. The quantitative estimate of drug-likeness (QED) is 0.753. The molecular weight excluding hydrogens is 311 g/mol. The second-order valence-corrected chi connectivity index (χ2v) is 5.15. The molecule has 0 saturated carbocycles. The van der Waals surface area contributed by atoms with Crippen LogP contribution in [-0.4, -0.2) is 30.4 Å². The molecule has 0 bridgehead atoms. The van der Waals surface area contributed by atoms with Gasteiger partial charge >= 0.3 is 12.2 Å². The number of unbranched alkanes of at least 4 members (excludes halogenated alkanes) is 1. The lowest BCUT2D eigenvalue weighted by Gasteiger charge is -2.20. The highest BCUT2D eigenvalue weighted by Gasteiger charge is 2.33. The molecule has 128 valence electrons. The maximum absolute atomic E-state index is 12.9. The number of halogens is 3. The van der Waals surface area contributed by atoms with E-state index in [1.54, 1.807) is 0 Å². The van der Waals surface area contributed by atoms with Gasteiger partial charge < -0.3 is 16.0 Å². The number of rotatable bonds is 7. The predicted molar refractivity (Wildman–Crippen MR) is 79.4 cm³/mol. The van der Waals surface area contributed by atoms with Crippen LogP contribution in [0.3, 0.4) is 0 Å². The normalized spacial score (nSPS) is 11.1. The van der Waals surface area contributed by atoms with Crippen molar-refractivity contribution in [1.82, 2.24) is 10.2 Å². The Morgan fingerprint density at radius 3 is 2.48 bits per heavy atom. The van der Waals surface area contributed by atoms with Crippen LogP contribution in [0.4, 0.5) is 18.0 Å². The van der Waals surface area contributed by atoms with E-state index >= 15 is 0 Å². The predicted octanol–water partition coefficient (Wildman–Crippen LogP) is 2.50. The van der Waals surface area contributed by atoms with Crippen LogP contribution in [0.15, 0.2) is 24.3 Å². The van der Waals surface area contributed by atoms with Crippen LogP contribution in [0.25, 0.3) is 0 Å². The molecule has 3 N–H and O–H groups in total. The summed E-state index contributed by atoms with van der Waals surface area (Å²) >= 11 is 0. The summed E-state index contributed by atoms with van der Waals surface area (Å²) in [6.07, 6.45) is -3.15. The summed E-state index contributed by atoms with van der Waals surface area (Å²) in [6, 6.07) is 4.57. The third kappa shape index (κ3) is 6.58. The Balaban J connectivity index is 2.51. The van der Waals surface area contributed by atoms with Gasteiger partial charge in [0.2, 0.25) is 5.91 Å². The molecule has 0 fully saturated rings. The van der Waals surface area contributed by atoms with Crippen molar-refractivity contribution >= 4 is 11.9 Å². The Hall–Kier alpha value is -2.25. The highest BCUT2D eigenvalue weighted by Crippen LogP contribution is 2.32.